The van der Waals surface area contributed by atoms with E-state index in [1.165, 1.54) is 6.42 Å². The highest BCUT2D eigenvalue weighted by Gasteiger charge is 2.26. The van der Waals surface area contributed by atoms with E-state index >= 15 is 0 Å². The van der Waals surface area contributed by atoms with Crippen LogP contribution in [0, 0.1) is 6.92 Å². The highest BCUT2D eigenvalue weighted by molar-refractivity contribution is 5.94. The zero-order chi connectivity index (χ0) is 13.0. The van der Waals surface area contributed by atoms with Crippen molar-refractivity contribution in [1.29, 1.82) is 0 Å². The number of amides is 1. The molecule has 1 aliphatic heterocycles. The van der Waals surface area contributed by atoms with Gasteiger partial charge in [-0.05, 0) is 50.8 Å². The summed E-state index contributed by atoms with van der Waals surface area (Å²) in [5.41, 5.74) is 7.35. The molecular weight excluding hydrogens is 297 g/mol. The number of carbonyl (C=O) groups excluding carboxylic acids is 1. The second kappa shape index (κ2) is 9.16. The van der Waals surface area contributed by atoms with Crippen molar-refractivity contribution in [1.82, 2.24) is 9.88 Å². The molecule has 4 nitrogen and oxygen atoms in total. The lowest BCUT2D eigenvalue weighted by Gasteiger charge is -2.35. The maximum Gasteiger partial charge on any atom is 0.255 e. The summed E-state index contributed by atoms with van der Waals surface area (Å²) in [7, 11) is 0. The van der Waals surface area contributed by atoms with E-state index in [2.05, 4.69) is 4.98 Å². The molecule has 20 heavy (non-hydrogen) atoms. The highest BCUT2D eigenvalue weighted by atomic mass is 35.5. The van der Waals surface area contributed by atoms with Gasteiger partial charge in [-0.2, -0.15) is 0 Å². The topological polar surface area (TPSA) is 59.2 Å². The van der Waals surface area contributed by atoms with Gasteiger partial charge in [-0.3, -0.25) is 9.78 Å². The SMILES string of the molecule is Cc1cncc(C(=O)N2CCCCC2CCN)c1.Cl.Cl. The van der Waals surface area contributed by atoms with Gasteiger partial charge in [0.15, 0.2) is 0 Å². The smallest absolute Gasteiger partial charge is 0.255 e. The van der Waals surface area contributed by atoms with Gasteiger partial charge in [0.05, 0.1) is 5.56 Å². The van der Waals surface area contributed by atoms with Gasteiger partial charge < -0.3 is 10.6 Å². The number of hydrogen-bond donors (Lipinski definition) is 1. The molecule has 0 aromatic carbocycles. The summed E-state index contributed by atoms with van der Waals surface area (Å²) in [5, 5.41) is 0. The molecule has 0 bridgehead atoms. The molecular formula is C14H23Cl2N3O. The number of nitrogens with zero attached hydrogens (tertiary/aromatic N) is 2. The fourth-order valence-electron chi connectivity index (χ4n) is 2.60. The lowest BCUT2D eigenvalue weighted by Crippen LogP contribution is -2.44. The largest absolute Gasteiger partial charge is 0.336 e. The van der Waals surface area contributed by atoms with Crippen molar-refractivity contribution < 1.29 is 4.79 Å². The average Bonchev–Trinajstić information content (AvgIpc) is 2.39. The van der Waals surface area contributed by atoms with Gasteiger partial charge in [0.2, 0.25) is 0 Å². The van der Waals surface area contributed by atoms with Gasteiger partial charge in [-0.25, -0.2) is 0 Å². The zero-order valence-corrected chi connectivity index (χ0v) is 13.4. The van der Waals surface area contributed by atoms with Crippen LogP contribution in [0.15, 0.2) is 18.5 Å². The molecule has 2 heterocycles. The first-order chi connectivity index (χ1) is 8.72. The summed E-state index contributed by atoms with van der Waals surface area (Å²) < 4.78 is 0. The zero-order valence-electron chi connectivity index (χ0n) is 11.7. The molecule has 6 heteroatoms. The van der Waals surface area contributed by atoms with Crippen LogP contribution in [0.1, 0.15) is 41.6 Å². The number of halogens is 2. The summed E-state index contributed by atoms with van der Waals surface area (Å²) >= 11 is 0. The molecule has 1 atom stereocenters. The van der Waals surface area contributed by atoms with Crippen molar-refractivity contribution in [3.05, 3.63) is 29.6 Å². The maximum atomic E-state index is 12.5. The number of aryl methyl sites for hydroxylation is 1. The highest BCUT2D eigenvalue weighted by Crippen LogP contribution is 2.21. The van der Waals surface area contributed by atoms with Crippen molar-refractivity contribution in [2.75, 3.05) is 13.1 Å². The van der Waals surface area contributed by atoms with Gasteiger partial charge in [0.1, 0.15) is 0 Å². The first-order valence-corrected chi connectivity index (χ1v) is 6.65. The van der Waals surface area contributed by atoms with Crippen molar-refractivity contribution in [2.24, 2.45) is 5.73 Å². The molecule has 1 saturated heterocycles. The molecule has 2 N–H and O–H groups in total. The molecule has 114 valence electrons. The van der Waals surface area contributed by atoms with Crippen LogP contribution in [0.3, 0.4) is 0 Å². The number of pyridine rings is 1. The van der Waals surface area contributed by atoms with Crippen molar-refractivity contribution in [3.63, 3.8) is 0 Å². The summed E-state index contributed by atoms with van der Waals surface area (Å²) in [6.07, 6.45) is 7.67. The number of piperidine rings is 1. The third kappa shape index (κ3) is 4.62. The van der Waals surface area contributed by atoms with Crippen LogP contribution < -0.4 is 5.73 Å². The molecule has 1 fully saturated rings. The summed E-state index contributed by atoms with van der Waals surface area (Å²) in [4.78, 5) is 18.6. The molecule has 0 saturated carbocycles. The Morgan fingerprint density at radius 1 is 1.40 bits per heavy atom. The van der Waals surface area contributed by atoms with Crippen LogP contribution in [0.5, 0.6) is 0 Å². The number of likely N-dealkylation sites (tertiary alicyclic amines) is 1. The Morgan fingerprint density at radius 3 is 2.80 bits per heavy atom. The predicted molar refractivity (Wildman–Crippen MR) is 85.8 cm³/mol. The van der Waals surface area contributed by atoms with Crippen LogP contribution in [-0.2, 0) is 0 Å². The fraction of sp³-hybridized carbons (Fsp3) is 0.571. The maximum absolute atomic E-state index is 12.5. The van der Waals surface area contributed by atoms with E-state index in [1.807, 2.05) is 17.9 Å². The van der Waals surface area contributed by atoms with Gasteiger partial charge in [-0.1, -0.05) is 0 Å². The first kappa shape index (κ1) is 19.2. The van der Waals surface area contributed by atoms with E-state index < -0.39 is 0 Å². The van der Waals surface area contributed by atoms with Crippen LogP contribution in [0.2, 0.25) is 0 Å². The van der Waals surface area contributed by atoms with Crippen molar-refractivity contribution >= 4 is 30.7 Å². The Kier molecular flexibility index (Phi) is 8.78. The Labute approximate surface area is 132 Å². The number of carbonyl (C=O) groups is 1. The van der Waals surface area contributed by atoms with Crippen LogP contribution >= 0.6 is 24.8 Å². The normalized spacial score (nSPS) is 17.9. The Bertz CT molecular complexity index is 427. The predicted octanol–water partition coefficient (Wildman–Crippen LogP) is 2.58. The average molecular weight is 320 g/mol. The first-order valence-electron chi connectivity index (χ1n) is 6.65. The second-order valence-corrected chi connectivity index (χ2v) is 4.98. The lowest BCUT2D eigenvalue weighted by atomic mass is 9.98. The van der Waals surface area contributed by atoms with E-state index in [9.17, 15) is 4.79 Å². The molecule has 2 rings (SSSR count). The fourth-order valence-corrected chi connectivity index (χ4v) is 2.60. The molecule has 1 unspecified atom stereocenters. The minimum atomic E-state index is 0. The molecule has 1 aliphatic rings. The van der Waals surface area contributed by atoms with E-state index in [0.717, 1.165) is 31.4 Å². The third-order valence-electron chi connectivity index (χ3n) is 3.51. The number of hydrogen-bond acceptors (Lipinski definition) is 3. The minimum Gasteiger partial charge on any atom is -0.336 e. The standard InChI is InChI=1S/C14H21N3O.2ClH/c1-11-8-12(10-16-9-11)14(18)17-7-3-2-4-13(17)5-6-15;;/h8-10,13H,2-7,15H2,1H3;2*1H. The molecule has 1 amide bonds. The summed E-state index contributed by atoms with van der Waals surface area (Å²) in [6, 6.07) is 2.21. The van der Waals surface area contributed by atoms with Gasteiger partial charge in [0.25, 0.3) is 5.91 Å². The van der Waals surface area contributed by atoms with E-state index in [1.54, 1.807) is 12.4 Å². The van der Waals surface area contributed by atoms with Gasteiger partial charge in [0, 0.05) is 25.0 Å². The minimum absolute atomic E-state index is 0. The summed E-state index contributed by atoms with van der Waals surface area (Å²) in [5.74, 6) is 0.101. The van der Waals surface area contributed by atoms with Gasteiger partial charge in [-0.15, -0.1) is 24.8 Å². The van der Waals surface area contributed by atoms with Crippen LogP contribution in [0.25, 0.3) is 0 Å². The molecule has 1 aromatic heterocycles. The van der Waals surface area contributed by atoms with Gasteiger partial charge >= 0.3 is 0 Å². The summed E-state index contributed by atoms with van der Waals surface area (Å²) in [6.45, 7) is 3.44. The second-order valence-electron chi connectivity index (χ2n) is 4.98. The third-order valence-corrected chi connectivity index (χ3v) is 3.51. The monoisotopic (exact) mass is 319 g/mol. The quantitative estimate of drug-likeness (QED) is 0.931. The lowest BCUT2D eigenvalue weighted by molar-refractivity contribution is 0.0604. The number of aromatic nitrogens is 1. The van der Waals surface area contributed by atoms with E-state index in [0.29, 0.717) is 18.2 Å². The number of rotatable bonds is 3. The van der Waals surface area contributed by atoms with Crippen LogP contribution in [-0.4, -0.2) is 34.9 Å². The molecule has 1 aromatic rings. The van der Waals surface area contributed by atoms with Crippen LogP contribution in [0.4, 0.5) is 0 Å². The van der Waals surface area contributed by atoms with Crippen molar-refractivity contribution in [3.8, 4) is 0 Å². The molecule has 0 spiro atoms. The van der Waals surface area contributed by atoms with E-state index in [-0.39, 0.29) is 30.7 Å². The Morgan fingerprint density at radius 2 is 2.15 bits per heavy atom. The Hall–Kier alpha value is -0.840. The number of nitrogens with two attached hydrogens (primary N) is 1. The molecule has 0 radical (unpaired) electrons. The van der Waals surface area contributed by atoms with E-state index in [4.69, 9.17) is 5.73 Å². The molecule has 0 aliphatic carbocycles. The van der Waals surface area contributed by atoms with Crippen molar-refractivity contribution in [2.45, 2.75) is 38.6 Å². The Balaban J connectivity index is 0.00000180.